The fraction of sp³-hybridized carbons (Fsp3) is 0.667. The molecule has 2 nitrogen and oxygen atoms in total. The van der Waals surface area contributed by atoms with Gasteiger partial charge in [0.15, 0.2) is 0 Å². The monoisotopic (exact) mass is 276 g/mol. The van der Waals surface area contributed by atoms with Crippen molar-refractivity contribution in [1.29, 1.82) is 0 Å². The second-order valence-electron chi connectivity index (χ2n) is 5.84. The van der Waals surface area contributed by atoms with Crippen LogP contribution in [0.1, 0.15) is 56.1 Å². The summed E-state index contributed by atoms with van der Waals surface area (Å²) in [6, 6.07) is 6.59. The highest BCUT2D eigenvalue weighted by Gasteiger charge is 2.10. The lowest BCUT2D eigenvalue weighted by molar-refractivity contribution is 0.0833. The number of hydrogen-bond acceptors (Lipinski definition) is 2. The van der Waals surface area contributed by atoms with Gasteiger partial charge < -0.3 is 9.47 Å². The molecule has 0 aliphatic heterocycles. The normalized spacial score (nSPS) is 21.4. The fourth-order valence-corrected chi connectivity index (χ4v) is 3.14. The molecular weight excluding hydrogens is 248 g/mol. The van der Waals surface area contributed by atoms with Crippen LogP contribution in [0.5, 0.6) is 5.75 Å². The molecular formula is C18H28O2. The van der Waals surface area contributed by atoms with Gasteiger partial charge in [0.25, 0.3) is 0 Å². The van der Waals surface area contributed by atoms with Crippen LogP contribution in [0.4, 0.5) is 0 Å². The van der Waals surface area contributed by atoms with Crippen molar-refractivity contribution in [3.63, 3.8) is 0 Å². The maximum atomic E-state index is 5.58. The third-order valence-corrected chi connectivity index (χ3v) is 4.44. The van der Waals surface area contributed by atoms with Gasteiger partial charge in [0, 0.05) is 7.11 Å². The van der Waals surface area contributed by atoms with Crippen molar-refractivity contribution in [3.05, 3.63) is 29.3 Å². The SMILES string of the molecule is COc1ccc2c(c1)CCCCCC(OC)CCCC2. The highest BCUT2D eigenvalue weighted by Crippen LogP contribution is 2.23. The van der Waals surface area contributed by atoms with Gasteiger partial charge in [0.05, 0.1) is 13.2 Å². The topological polar surface area (TPSA) is 18.5 Å². The zero-order valence-electron chi connectivity index (χ0n) is 13.0. The summed E-state index contributed by atoms with van der Waals surface area (Å²) in [5.74, 6) is 0.996. The summed E-state index contributed by atoms with van der Waals surface area (Å²) in [5.41, 5.74) is 3.01. The smallest absolute Gasteiger partial charge is 0.119 e. The molecule has 1 aromatic carbocycles. The molecule has 1 aromatic rings. The lowest BCUT2D eigenvalue weighted by atomic mass is 9.94. The number of fused-ring (bicyclic) bond motifs is 1. The summed E-state index contributed by atoms with van der Waals surface area (Å²) in [5, 5.41) is 0. The van der Waals surface area contributed by atoms with E-state index in [0.717, 1.165) is 5.75 Å². The maximum absolute atomic E-state index is 5.58. The van der Waals surface area contributed by atoms with E-state index in [-0.39, 0.29) is 0 Å². The Morgan fingerprint density at radius 2 is 1.55 bits per heavy atom. The number of methoxy groups -OCH3 is 2. The molecule has 0 saturated heterocycles. The Bertz CT molecular complexity index is 400. The van der Waals surface area contributed by atoms with E-state index in [1.165, 1.54) is 68.9 Å². The fourth-order valence-electron chi connectivity index (χ4n) is 3.14. The minimum absolute atomic E-state index is 0.477. The molecule has 1 aliphatic carbocycles. The Kier molecular flexibility index (Phi) is 6.38. The summed E-state index contributed by atoms with van der Waals surface area (Å²) in [4.78, 5) is 0. The van der Waals surface area contributed by atoms with Gasteiger partial charge in [-0.2, -0.15) is 0 Å². The van der Waals surface area contributed by atoms with Crippen molar-refractivity contribution >= 4 is 0 Å². The Morgan fingerprint density at radius 3 is 2.30 bits per heavy atom. The largest absolute Gasteiger partial charge is 0.497 e. The zero-order valence-corrected chi connectivity index (χ0v) is 13.0. The van der Waals surface area contributed by atoms with Gasteiger partial charge in [-0.25, -0.2) is 0 Å². The first-order valence-corrected chi connectivity index (χ1v) is 8.02. The highest BCUT2D eigenvalue weighted by molar-refractivity contribution is 5.36. The molecule has 0 amide bonds. The molecule has 0 aromatic heterocycles. The van der Waals surface area contributed by atoms with Crippen LogP contribution in [0, 0.1) is 0 Å². The van der Waals surface area contributed by atoms with Crippen molar-refractivity contribution in [2.45, 2.75) is 63.9 Å². The number of rotatable bonds is 2. The van der Waals surface area contributed by atoms with Crippen LogP contribution in [0.3, 0.4) is 0 Å². The second-order valence-corrected chi connectivity index (χ2v) is 5.84. The van der Waals surface area contributed by atoms with Gasteiger partial charge in [-0.3, -0.25) is 0 Å². The Morgan fingerprint density at radius 1 is 0.850 bits per heavy atom. The first-order valence-electron chi connectivity index (χ1n) is 8.02. The van der Waals surface area contributed by atoms with Crippen LogP contribution in [-0.2, 0) is 17.6 Å². The predicted molar refractivity (Wildman–Crippen MR) is 83.5 cm³/mol. The lowest BCUT2D eigenvalue weighted by Crippen LogP contribution is -2.11. The molecule has 1 aliphatic rings. The first kappa shape index (κ1) is 15.4. The molecule has 0 heterocycles. The standard InChI is InChI=1S/C18H28O2/c1-19-17-10-5-3-4-9-16-14-18(20-2)13-12-15(16)8-6-7-11-17/h12-14,17H,3-11H2,1-2H3. The van der Waals surface area contributed by atoms with Gasteiger partial charge in [0.1, 0.15) is 5.75 Å². The van der Waals surface area contributed by atoms with Gasteiger partial charge in [-0.1, -0.05) is 25.3 Å². The highest BCUT2D eigenvalue weighted by atomic mass is 16.5. The third-order valence-electron chi connectivity index (χ3n) is 4.44. The van der Waals surface area contributed by atoms with Crippen molar-refractivity contribution in [2.24, 2.45) is 0 Å². The van der Waals surface area contributed by atoms with Crippen LogP contribution < -0.4 is 4.74 Å². The summed E-state index contributed by atoms with van der Waals surface area (Å²) >= 11 is 0. The second kappa shape index (κ2) is 8.31. The van der Waals surface area contributed by atoms with E-state index in [0.29, 0.717) is 6.10 Å². The molecule has 0 fully saturated rings. The van der Waals surface area contributed by atoms with E-state index in [1.54, 1.807) is 7.11 Å². The number of aryl methyl sites for hydroxylation is 2. The predicted octanol–water partition coefficient (Wildman–Crippen LogP) is 4.54. The Hall–Kier alpha value is -1.02. The quantitative estimate of drug-likeness (QED) is 0.789. The van der Waals surface area contributed by atoms with Crippen LogP contribution in [0.25, 0.3) is 0 Å². The summed E-state index contributed by atoms with van der Waals surface area (Å²) in [6.07, 6.45) is 11.7. The molecule has 1 unspecified atom stereocenters. The van der Waals surface area contributed by atoms with E-state index >= 15 is 0 Å². The minimum Gasteiger partial charge on any atom is -0.497 e. The minimum atomic E-state index is 0.477. The summed E-state index contributed by atoms with van der Waals surface area (Å²) in [7, 11) is 3.61. The average Bonchev–Trinajstić information content (AvgIpc) is 2.48. The van der Waals surface area contributed by atoms with E-state index in [1.807, 2.05) is 7.11 Å². The van der Waals surface area contributed by atoms with E-state index in [4.69, 9.17) is 9.47 Å². The number of ether oxygens (including phenoxy) is 2. The molecule has 0 radical (unpaired) electrons. The van der Waals surface area contributed by atoms with E-state index in [9.17, 15) is 0 Å². The molecule has 2 heteroatoms. The van der Waals surface area contributed by atoms with Gasteiger partial charge in [-0.15, -0.1) is 0 Å². The Balaban J connectivity index is 2.03. The van der Waals surface area contributed by atoms with Crippen LogP contribution >= 0.6 is 0 Å². The molecule has 2 rings (SSSR count). The van der Waals surface area contributed by atoms with Crippen molar-refractivity contribution in [2.75, 3.05) is 14.2 Å². The van der Waals surface area contributed by atoms with Gasteiger partial charge >= 0.3 is 0 Å². The van der Waals surface area contributed by atoms with Gasteiger partial charge in [0.2, 0.25) is 0 Å². The first-order chi connectivity index (χ1) is 9.83. The lowest BCUT2D eigenvalue weighted by Gasteiger charge is -2.17. The molecule has 0 spiro atoms. The Labute approximate surface area is 123 Å². The summed E-state index contributed by atoms with van der Waals surface area (Å²) in [6.45, 7) is 0. The van der Waals surface area contributed by atoms with Crippen molar-refractivity contribution in [3.8, 4) is 5.75 Å². The summed E-state index contributed by atoms with van der Waals surface area (Å²) < 4.78 is 10.9. The average molecular weight is 276 g/mol. The molecule has 20 heavy (non-hydrogen) atoms. The van der Waals surface area contributed by atoms with Crippen LogP contribution in [0.2, 0.25) is 0 Å². The van der Waals surface area contributed by atoms with Gasteiger partial charge in [-0.05, 0) is 61.8 Å². The molecule has 1 atom stereocenters. The number of benzene rings is 1. The molecule has 0 bridgehead atoms. The maximum Gasteiger partial charge on any atom is 0.119 e. The molecule has 0 N–H and O–H groups in total. The third kappa shape index (κ3) is 4.52. The van der Waals surface area contributed by atoms with Crippen LogP contribution in [0.15, 0.2) is 18.2 Å². The van der Waals surface area contributed by atoms with Crippen molar-refractivity contribution in [1.82, 2.24) is 0 Å². The van der Waals surface area contributed by atoms with E-state index < -0.39 is 0 Å². The number of hydrogen-bond donors (Lipinski definition) is 0. The van der Waals surface area contributed by atoms with Crippen LogP contribution in [-0.4, -0.2) is 20.3 Å². The van der Waals surface area contributed by atoms with Crippen molar-refractivity contribution < 1.29 is 9.47 Å². The zero-order chi connectivity index (χ0) is 14.2. The van der Waals surface area contributed by atoms with E-state index in [2.05, 4.69) is 18.2 Å². The molecule has 112 valence electrons. The molecule has 0 saturated carbocycles.